The summed E-state index contributed by atoms with van der Waals surface area (Å²) in [6, 6.07) is -0.276. The molecule has 8 nitrogen and oxygen atoms in total. The van der Waals surface area contributed by atoms with Crippen molar-refractivity contribution in [1.82, 2.24) is 5.32 Å². The maximum absolute atomic E-state index is 11.0. The lowest BCUT2D eigenvalue weighted by atomic mass is 9.98. The lowest BCUT2D eigenvalue weighted by molar-refractivity contribution is -0.134. The van der Waals surface area contributed by atoms with Crippen LogP contribution in [0.1, 0.15) is 81.6 Å². The van der Waals surface area contributed by atoms with Gasteiger partial charge in [-0.25, -0.2) is 0 Å². The summed E-state index contributed by atoms with van der Waals surface area (Å²) in [4.78, 5) is 63.7. The fraction of sp³-hybridized carbons (Fsp3) is 0.739. The van der Waals surface area contributed by atoms with Crippen LogP contribution >= 0.6 is 0 Å². The number of aliphatic hydroxyl groups excluding tert-OH is 1. The minimum atomic E-state index is -1.13. The molecule has 0 aromatic carbocycles. The van der Waals surface area contributed by atoms with Gasteiger partial charge in [-0.05, 0) is 54.5 Å². The van der Waals surface area contributed by atoms with Crippen LogP contribution in [-0.2, 0) is 28.8 Å². The minimum absolute atomic E-state index is 0.0404. The van der Waals surface area contributed by atoms with Gasteiger partial charge in [-0.1, -0.05) is 20.8 Å². The van der Waals surface area contributed by atoms with E-state index >= 15 is 0 Å². The molecule has 180 valence electrons. The maximum atomic E-state index is 11.0. The van der Waals surface area contributed by atoms with Gasteiger partial charge in [-0.15, -0.1) is 0 Å². The van der Waals surface area contributed by atoms with Crippen LogP contribution in [0, 0.1) is 11.8 Å². The SMILES string of the molecule is CC(=O)C(C)C(O)C(C)=O.CC(=O)CC(C)C(C)=O.CCCNC(CC(C)=O)C(C)=O. The Labute approximate surface area is 186 Å². The van der Waals surface area contributed by atoms with Crippen molar-refractivity contribution in [2.45, 2.75) is 93.7 Å². The molecule has 2 N–H and O–H groups in total. The van der Waals surface area contributed by atoms with Crippen LogP contribution < -0.4 is 5.32 Å². The smallest absolute Gasteiger partial charge is 0.158 e. The summed E-state index contributed by atoms with van der Waals surface area (Å²) in [6.45, 7) is 14.8. The van der Waals surface area contributed by atoms with Crippen molar-refractivity contribution >= 4 is 34.7 Å². The molecule has 0 saturated carbocycles. The summed E-state index contributed by atoms with van der Waals surface area (Å²) in [6.07, 6.45) is 0.546. The summed E-state index contributed by atoms with van der Waals surface area (Å²) in [5.41, 5.74) is 0. The molecule has 4 atom stereocenters. The molecule has 0 aromatic rings. The van der Waals surface area contributed by atoms with Gasteiger partial charge in [0.1, 0.15) is 35.0 Å². The van der Waals surface area contributed by atoms with Gasteiger partial charge in [-0.3, -0.25) is 24.0 Å². The Kier molecular flexibility index (Phi) is 20.2. The highest BCUT2D eigenvalue weighted by atomic mass is 16.3. The zero-order valence-electron chi connectivity index (χ0n) is 20.5. The summed E-state index contributed by atoms with van der Waals surface area (Å²) in [5, 5.41) is 12.0. The number of nitrogens with one attached hydrogen (secondary N) is 1. The first kappa shape index (κ1) is 33.6. The first-order valence-corrected chi connectivity index (χ1v) is 10.5. The second-order valence-corrected chi connectivity index (χ2v) is 7.90. The van der Waals surface area contributed by atoms with Crippen LogP contribution in [-0.4, -0.2) is 58.5 Å². The number of ketones is 6. The van der Waals surface area contributed by atoms with Gasteiger partial charge in [-0.2, -0.15) is 0 Å². The monoisotopic (exact) mass is 443 g/mol. The van der Waals surface area contributed by atoms with Gasteiger partial charge in [0, 0.05) is 24.7 Å². The average Bonchev–Trinajstić information content (AvgIpc) is 2.63. The Morgan fingerprint density at radius 1 is 0.710 bits per heavy atom. The van der Waals surface area contributed by atoms with Crippen molar-refractivity contribution < 1.29 is 33.9 Å². The molecule has 8 heteroatoms. The van der Waals surface area contributed by atoms with Gasteiger partial charge < -0.3 is 15.2 Å². The second-order valence-electron chi connectivity index (χ2n) is 7.90. The second kappa shape index (κ2) is 18.7. The molecule has 0 aliphatic heterocycles. The normalized spacial score (nSPS) is 13.7. The highest BCUT2D eigenvalue weighted by molar-refractivity contribution is 5.89. The van der Waals surface area contributed by atoms with Gasteiger partial charge in [0.15, 0.2) is 5.78 Å². The zero-order chi connectivity index (χ0) is 25.3. The first-order valence-electron chi connectivity index (χ1n) is 10.5. The van der Waals surface area contributed by atoms with Gasteiger partial charge in [0.05, 0.1) is 6.04 Å². The number of hydrogen-bond acceptors (Lipinski definition) is 8. The number of hydrogen-bond donors (Lipinski definition) is 2. The van der Waals surface area contributed by atoms with Crippen LogP contribution in [0.4, 0.5) is 0 Å². The van der Waals surface area contributed by atoms with E-state index in [9.17, 15) is 28.8 Å². The fourth-order valence-corrected chi connectivity index (χ4v) is 2.11. The molecule has 0 fully saturated rings. The number of rotatable bonds is 12. The Morgan fingerprint density at radius 3 is 1.35 bits per heavy atom. The fourth-order valence-electron chi connectivity index (χ4n) is 2.11. The van der Waals surface area contributed by atoms with Crippen molar-refractivity contribution in [3.63, 3.8) is 0 Å². The molecule has 0 aliphatic rings. The standard InChI is InChI=1S/C9H17NO2.C7H12O3.C7H12O2/c1-4-5-10-9(8(3)12)6-7(2)11;1-4(5(2)8)7(10)6(3)9;1-5(7(3)9)4-6(2)8/h9-10H,4-6H2,1-3H3;4,7,10H,1-3H3;5H,4H2,1-3H3. The Bertz CT molecular complexity index is 595. The summed E-state index contributed by atoms with van der Waals surface area (Å²) >= 11 is 0. The average molecular weight is 444 g/mol. The van der Waals surface area contributed by atoms with Crippen molar-refractivity contribution in [2.75, 3.05) is 6.54 Å². The number of carbonyl (C=O) groups excluding carboxylic acids is 6. The molecule has 0 aliphatic carbocycles. The Hall–Kier alpha value is -2.06. The van der Waals surface area contributed by atoms with E-state index in [-0.39, 0.29) is 46.7 Å². The third-order valence-electron chi connectivity index (χ3n) is 4.44. The minimum Gasteiger partial charge on any atom is -0.385 e. The predicted octanol–water partition coefficient (Wildman–Crippen LogP) is 2.27. The third kappa shape index (κ3) is 21.0. The molecule has 4 unspecified atom stereocenters. The molecule has 0 spiro atoms. The van der Waals surface area contributed by atoms with Gasteiger partial charge in [0.25, 0.3) is 0 Å². The Balaban J connectivity index is -0.000000384. The van der Waals surface area contributed by atoms with E-state index in [1.165, 1.54) is 48.5 Å². The van der Waals surface area contributed by atoms with Crippen molar-refractivity contribution in [3.8, 4) is 0 Å². The predicted molar refractivity (Wildman–Crippen MR) is 120 cm³/mol. The number of aliphatic hydroxyl groups is 1. The lowest BCUT2D eigenvalue weighted by Crippen LogP contribution is -2.37. The molecule has 0 saturated heterocycles. The molecule has 0 amide bonds. The lowest BCUT2D eigenvalue weighted by Gasteiger charge is -2.12. The van der Waals surface area contributed by atoms with E-state index in [0.717, 1.165) is 13.0 Å². The molecule has 0 bridgehead atoms. The summed E-state index contributed by atoms with van der Waals surface area (Å²) in [5.74, 6) is -0.925. The number of carbonyl (C=O) groups is 6. The highest BCUT2D eigenvalue weighted by Gasteiger charge is 2.21. The van der Waals surface area contributed by atoms with E-state index in [1.54, 1.807) is 6.92 Å². The van der Waals surface area contributed by atoms with Crippen LogP contribution in [0.2, 0.25) is 0 Å². The quantitative estimate of drug-likeness (QED) is 0.469. The van der Waals surface area contributed by atoms with Crippen LogP contribution in [0.5, 0.6) is 0 Å². The van der Waals surface area contributed by atoms with Crippen LogP contribution in [0.3, 0.4) is 0 Å². The van der Waals surface area contributed by atoms with Crippen LogP contribution in [0.25, 0.3) is 0 Å². The topological polar surface area (TPSA) is 135 Å². The maximum Gasteiger partial charge on any atom is 0.158 e. The van der Waals surface area contributed by atoms with Gasteiger partial charge in [0.2, 0.25) is 0 Å². The van der Waals surface area contributed by atoms with E-state index in [1.807, 2.05) is 6.92 Å². The van der Waals surface area contributed by atoms with E-state index in [4.69, 9.17) is 5.11 Å². The largest absolute Gasteiger partial charge is 0.385 e. The van der Waals surface area contributed by atoms with Gasteiger partial charge >= 0.3 is 0 Å². The molecule has 0 rings (SSSR count). The molecular formula is C23H41NO7. The first-order chi connectivity index (χ1) is 14.1. The molecule has 0 heterocycles. The highest BCUT2D eigenvalue weighted by Crippen LogP contribution is 2.04. The van der Waals surface area contributed by atoms with Crippen molar-refractivity contribution in [3.05, 3.63) is 0 Å². The van der Waals surface area contributed by atoms with Crippen molar-refractivity contribution in [2.24, 2.45) is 11.8 Å². The summed E-state index contributed by atoms with van der Waals surface area (Å²) < 4.78 is 0. The molecular weight excluding hydrogens is 402 g/mol. The van der Waals surface area contributed by atoms with Crippen molar-refractivity contribution in [1.29, 1.82) is 0 Å². The zero-order valence-corrected chi connectivity index (χ0v) is 20.5. The summed E-state index contributed by atoms with van der Waals surface area (Å²) in [7, 11) is 0. The van der Waals surface area contributed by atoms with Crippen LogP contribution in [0.15, 0.2) is 0 Å². The number of Topliss-reactive ketones (excluding diaryl/α,β-unsaturated/α-hetero) is 6. The Morgan fingerprint density at radius 2 is 1.16 bits per heavy atom. The molecule has 31 heavy (non-hydrogen) atoms. The van der Waals surface area contributed by atoms with E-state index in [2.05, 4.69) is 5.32 Å². The third-order valence-corrected chi connectivity index (χ3v) is 4.44. The van der Waals surface area contributed by atoms with E-state index < -0.39 is 12.0 Å². The van der Waals surface area contributed by atoms with E-state index in [0.29, 0.717) is 12.8 Å². The molecule has 0 aromatic heterocycles. The molecule has 0 radical (unpaired) electrons.